The van der Waals surface area contributed by atoms with Crippen molar-refractivity contribution in [2.45, 2.75) is 41.0 Å². The Hall–Kier alpha value is -1.80. The lowest BCUT2D eigenvalue weighted by atomic mass is 10.1. The Morgan fingerprint density at radius 1 is 1.21 bits per heavy atom. The smallest absolute Gasteiger partial charge is 0.350 e. The predicted molar refractivity (Wildman–Crippen MR) is 96.2 cm³/mol. The molecule has 2 aromatic rings. The summed E-state index contributed by atoms with van der Waals surface area (Å²) in [5.41, 5.74) is 0.988. The van der Waals surface area contributed by atoms with E-state index in [1.54, 1.807) is 13.8 Å². The molecule has 0 spiro atoms. The van der Waals surface area contributed by atoms with E-state index in [9.17, 15) is 9.59 Å². The molecule has 0 saturated carbocycles. The maximum atomic E-state index is 12.5. The van der Waals surface area contributed by atoms with Crippen LogP contribution < -0.4 is 5.32 Å². The molecule has 0 saturated heterocycles. The quantitative estimate of drug-likeness (QED) is 0.785. The molecule has 1 amide bonds. The van der Waals surface area contributed by atoms with Crippen molar-refractivity contribution in [3.8, 4) is 0 Å². The number of anilines is 1. The van der Waals surface area contributed by atoms with Crippen molar-refractivity contribution in [3.63, 3.8) is 0 Å². The number of aryl methyl sites for hydroxylation is 2. The molecule has 0 aliphatic heterocycles. The van der Waals surface area contributed by atoms with Crippen LogP contribution in [0.15, 0.2) is 0 Å². The van der Waals surface area contributed by atoms with Gasteiger partial charge in [0.2, 0.25) is 0 Å². The van der Waals surface area contributed by atoms with E-state index in [2.05, 4.69) is 29.1 Å². The standard InChI is InChI=1S/C16H21N3O3S2/c1-6-22-15(21)13-9(4)17-16(24-13)19-14(20)12-11(7-8(2)3)23-10(5)18-12/h8H,6-7H2,1-5H3,(H,17,19,20). The molecule has 6 nitrogen and oxygen atoms in total. The summed E-state index contributed by atoms with van der Waals surface area (Å²) in [7, 11) is 0. The number of carbonyl (C=O) groups is 2. The van der Waals surface area contributed by atoms with Crippen molar-refractivity contribution in [2.24, 2.45) is 5.92 Å². The van der Waals surface area contributed by atoms with Crippen LogP contribution in [0.25, 0.3) is 0 Å². The van der Waals surface area contributed by atoms with E-state index in [-0.39, 0.29) is 5.91 Å². The van der Waals surface area contributed by atoms with Crippen molar-refractivity contribution in [2.75, 3.05) is 11.9 Å². The van der Waals surface area contributed by atoms with Gasteiger partial charge in [-0.3, -0.25) is 10.1 Å². The van der Waals surface area contributed by atoms with Gasteiger partial charge in [-0.15, -0.1) is 11.3 Å². The Morgan fingerprint density at radius 3 is 2.54 bits per heavy atom. The number of ether oxygens (including phenoxy) is 1. The molecular formula is C16H21N3O3S2. The summed E-state index contributed by atoms with van der Waals surface area (Å²) in [6.07, 6.45) is 0.805. The number of nitrogens with zero attached hydrogens (tertiary/aromatic N) is 2. The molecule has 0 aliphatic carbocycles. The van der Waals surface area contributed by atoms with Gasteiger partial charge >= 0.3 is 5.97 Å². The van der Waals surface area contributed by atoms with E-state index in [1.165, 1.54) is 11.3 Å². The SMILES string of the molecule is CCOC(=O)c1sc(NC(=O)c2nc(C)sc2CC(C)C)nc1C. The summed E-state index contributed by atoms with van der Waals surface area (Å²) >= 11 is 2.65. The lowest BCUT2D eigenvalue weighted by molar-refractivity contribution is 0.0531. The maximum absolute atomic E-state index is 12.5. The zero-order valence-corrected chi connectivity index (χ0v) is 16.1. The van der Waals surface area contributed by atoms with Crippen molar-refractivity contribution in [1.82, 2.24) is 9.97 Å². The Bertz CT molecular complexity index is 750. The molecule has 0 aliphatic rings. The third-order valence-corrected chi connectivity index (χ3v) is 5.14. The van der Waals surface area contributed by atoms with E-state index in [1.807, 2.05) is 6.92 Å². The van der Waals surface area contributed by atoms with Crippen molar-refractivity contribution in [3.05, 3.63) is 26.1 Å². The summed E-state index contributed by atoms with van der Waals surface area (Å²) in [5.74, 6) is -0.272. The molecule has 24 heavy (non-hydrogen) atoms. The van der Waals surface area contributed by atoms with Crippen LogP contribution in [0, 0.1) is 19.8 Å². The minimum atomic E-state index is -0.419. The zero-order valence-electron chi connectivity index (χ0n) is 14.4. The van der Waals surface area contributed by atoms with Crippen LogP contribution in [0.4, 0.5) is 5.13 Å². The number of rotatable bonds is 6. The fourth-order valence-electron chi connectivity index (χ4n) is 2.15. The average Bonchev–Trinajstić information content (AvgIpc) is 3.01. The number of carbonyl (C=O) groups excluding carboxylic acids is 2. The van der Waals surface area contributed by atoms with Gasteiger partial charge in [-0.2, -0.15) is 0 Å². The summed E-state index contributed by atoms with van der Waals surface area (Å²) in [6, 6.07) is 0. The van der Waals surface area contributed by atoms with Gasteiger partial charge in [0.25, 0.3) is 5.91 Å². The van der Waals surface area contributed by atoms with E-state index in [0.717, 1.165) is 27.6 Å². The average molecular weight is 367 g/mol. The van der Waals surface area contributed by atoms with Gasteiger partial charge in [-0.25, -0.2) is 14.8 Å². The highest BCUT2D eigenvalue weighted by atomic mass is 32.1. The molecule has 2 aromatic heterocycles. The molecule has 0 unspecified atom stereocenters. The number of amides is 1. The maximum Gasteiger partial charge on any atom is 0.350 e. The lowest BCUT2D eigenvalue weighted by Gasteiger charge is -2.04. The topological polar surface area (TPSA) is 81.2 Å². The molecular weight excluding hydrogens is 346 g/mol. The summed E-state index contributed by atoms with van der Waals surface area (Å²) < 4.78 is 4.99. The Morgan fingerprint density at radius 2 is 1.92 bits per heavy atom. The second-order valence-corrected chi connectivity index (χ2v) is 8.00. The van der Waals surface area contributed by atoms with E-state index in [0.29, 0.717) is 33.9 Å². The van der Waals surface area contributed by atoms with Crippen LogP contribution >= 0.6 is 22.7 Å². The second-order valence-electron chi connectivity index (χ2n) is 5.71. The zero-order chi connectivity index (χ0) is 17.9. The molecule has 0 aromatic carbocycles. The summed E-state index contributed by atoms with van der Waals surface area (Å²) in [5, 5.41) is 3.98. The molecule has 0 bridgehead atoms. The summed E-state index contributed by atoms with van der Waals surface area (Å²) in [4.78, 5) is 34.3. The van der Waals surface area contributed by atoms with Crippen LogP contribution in [-0.4, -0.2) is 28.5 Å². The Balaban J connectivity index is 2.19. The molecule has 0 radical (unpaired) electrons. The highest BCUT2D eigenvalue weighted by Gasteiger charge is 2.21. The number of nitrogens with one attached hydrogen (secondary N) is 1. The molecule has 1 N–H and O–H groups in total. The first-order valence-corrected chi connectivity index (χ1v) is 9.37. The van der Waals surface area contributed by atoms with Crippen LogP contribution in [0.3, 0.4) is 0 Å². The third kappa shape index (κ3) is 4.39. The third-order valence-electron chi connectivity index (χ3n) is 3.09. The number of hydrogen-bond donors (Lipinski definition) is 1. The number of esters is 1. The summed E-state index contributed by atoms with van der Waals surface area (Å²) in [6.45, 7) is 9.86. The second kappa shape index (κ2) is 7.85. The largest absolute Gasteiger partial charge is 0.462 e. The number of aromatic nitrogens is 2. The Labute approximate surface area is 149 Å². The predicted octanol–water partition coefficient (Wildman–Crippen LogP) is 3.84. The number of hydrogen-bond acceptors (Lipinski definition) is 7. The van der Waals surface area contributed by atoms with Gasteiger partial charge in [0, 0.05) is 4.88 Å². The molecule has 2 rings (SSSR count). The molecule has 2 heterocycles. The van der Waals surface area contributed by atoms with Gasteiger partial charge in [0.05, 0.1) is 17.3 Å². The van der Waals surface area contributed by atoms with E-state index >= 15 is 0 Å². The van der Waals surface area contributed by atoms with Crippen LogP contribution in [0.5, 0.6) is 0 Å². The van der Waals surface area contributed by atoms with Gasteiger partial charge in [0.15, 0.2) is 5.13 Å². The van der Waals surface area contributed by atoms with Gasteiger partial charge in [-0.1, -0.05) is 25.2 Å². The van der Waals surface area contributed by atoms with Crippen molar-refractivity contribution < 1.29 is 14.3 Å². The van der Waals surface area contributed by atoms with E-state index < -0.39 is 5.97 Å². The van der Waals surface area contributed by atoms with Gasteiger partial charge in [-0.05, 0) is 33.1 Å². The van der Waals surface area contributed by atoms with Crippen molar-refractivity contribution in [1.29, 1.82) is 0 Å². The van der Waals surface area contributed by atoms with Gasteiger partial charge < -0.3 is 4.74 Å². The number of thiazole rings is 2. The fourth-order valence-corrected chi connectivity index (χ4v) is 4.15. The van der Waals surface area contributed by atoms with Crippen LogP contribution in [-0.2, 0) is 11.2 Å². The molecule has 8 heteroatoms. The monoisotopic (exact) mass is 367 g/mol. The molecule has 0 atom stereocenters. The van der Waals surface area contributed by atoms with Gasteiger partial charge in [0.1, 0.15) is 10.6 Å². The van der Waals surface area contributed by atoms with Crippen molar-refractivity contribution >= 4 is 39.7 Å². The first-order valence-electron chi connectivity index (χ1n) is 7.74. The molecule has 0 fully saturated rings. The molecule has 130 valence electrons. The van der Waals surface area contributed by atoms with Crippen LogP contribution in [0.2, 0.25) is 0 Å². The fraction of sp³-hybridized carbons (Fsp3) is 0.500. The minimum Gasteiger partial charge on any atom is -0.462 e. The normalized spacial score (nSPS) is 10.9. The first-order chi connectivity index (χ1) is 11.3. The van der Waals surface area contributed by atoms with E-state index in [4.69, 9.17) is 4.74 Å². The van der Waals surface area contributed by atoms with Crippen LogP contribution in [0.1, 0.15) is 56.5 Å². The highest BCUT2D eigenvalue weighted by molar-refractivity contribution is 7.17. The lowest BCUT2D eigenvalue weighted by Crippen LogP contribution is -2.14. The highest BCUT2D eigenvalue weighted by Crippen LogP contribution is 2.26. The minimum absolute atomic E-state index is 0.292. The first kappa shape index (κ1) is 18.5. The Kier molecular flexibility index (Phi) is 6.06.